The van der Waals surface area contributed by atoms with Gasteiger partial charge in [-0.05, 0) is 24.1 Å². The highest BCUT2D eigenvalue weighted by Crippen LogP contribution is 2.10. The highest BCUT2D eigenvalue weighted by atomic mass is 16.5. The van der Waals surface area contributed by atoms with Crippen LogP contribution in [0.3, 0.4) is 0 Å². The normalized spacial score (nSPS) is 17.7. The van der Waals surface area contributed by atoms with E-state index in [2.05, 4.69) is 10.6 Å². The smallest absolute Gasteiger partial charge is 0.328 e. The maximum atomic E-state index is 12.1. The molecule has 0 spiro atoms. The summed E-state index contributed by atoms with van der Waals surface area (Å²) < 4.78 is 4.72. The average Bonchev–Trinajstić information content (AvgIpc) is 3.00. The number of carbonyl (C=O) groups is 3. The summed E-state index contributed by atoms with van der Waals surface area (Å²) >= 11 is 0. The van der Waals surface area contributed by atoms with Crippen LogP contribution in [0.25, 0.3) is 0 Å². The molecule has 1 aromatic carbocycles. The molecule has 0 radical (unpaired) electrons. The fourth-order valence-corrected chi connectivity index (χ4v) is 2.37. The SMILES string of the molecule is COC(=O)[C@@H](Cc1ccc(C#N)cc1)NC(=O)[C@H]1CCC(=O)N1. The Morgan fingerprint density at radius 1 is 1.43 bits per heavy atom. The van der Waals surface area contributed by atoms with E-state index in [0.29, 0.717) is 18.4 Å². The molecule has 2 rings (SSSR count). The summed E-state index contributed by atoms with van der Waals surface area (Å²) in [4.78, 5) is 35.2. The molecule has 1 heterocycles. The fourth-order valence-electron chi connectivity index (χ4n) is 2.37. The van der Waals surface area contributed by atoms with Gasteiger partial charge in [-0.3, -0.25) is 9.59 Å². The number of nitrogens with one attached hydrogen (secondary N) is 2. The minimum absolute atomic E-state index is 0.174. The Morgan fingerprint density at radius 2 is 2.13 bits per heavy atom. The van der Waals surface area contributed by atoms with Crippen molar-refractivity contribution in [3.63, 3.8) is 0 Å². The molecule has 2 amide bonds. The Balaban J connectivity index is 2.04. The first kappa shape index (κ1) is 16.5. The van der Waals surface area contributed by atoms with Crippen LogP contribution in [0.1, 0.15) is 24.0 Å². The van der Waals surface area contributed by atoms with Gasteiger partial charge in [0.25, 0.3) is 0 Å². The molecule has 1 aliphatic rings. The predicted octanol–water partition coefficient (Wildman–Crippen LogP) is 0.0372. The lowest BCUT2D eigenvalue weighted by Gasteiger charge is -2.19. The zero-order chi connectivity index (χ0) is 16.8. The van der Waals surface area contributed by atoms with Crippen molar-refractivity contribution in [2.24, 2.45) is 0 Å². The molecule has 120 valence electrons. The average molecular weight is 315 g/mol. The second kappa shape index (κ2) is 7.40. The van der Waals surface area contributed by atoms with Gasteiger partial charge in [0.15, 0.2) is 0 Å². The lowest BCUT2D eigenvalue weighted by Crippen LogP contribution is -2.49. The third-order valence-electron chi connectivity index (χ3n) is 3.64. The summed E-state index contributed by atoms with van der Waals surface area (Å²) in [6.45, 7) is 0. The summed E-state index contributed by atoms with van der Waals surface area (Å²) in [6, 6.07) is 7.27. The highest BCUT2D eigenvalue weighted by Gasteiger charge is 2.30. The van der Waals surface area contributed by atoms with Gasteiger partial charge in [-0.15, -0.1) is 0 Å². The molecule has 0 unspecified atom stereocenters. The van der Waals surface area contributed by atoms with Crippen molar-refractivity contribution in [2.75, 3.05) is 7.11 Å². The first-order valence-corrected chi connectivity index (χ1v) is 7.20. The van der Waals surface area contributed by atoms with Gasteiger partial charge >= 0.3 is 5.97 Å². The summed E-state index contributed by atoms with van der Waals surface area (Å²) in [6.07, 6.45) is 0.955. The lowest BCUT2D eigenvalue weighted by atomic mass is 10.0. The number of esters is 1. The molecule has 7 heteroatoms. The minimum atomic E-state index is -0.849. The van der Waals surface area contributed by atoms with Crippen molar-refractivity contribution in [2.45, 2.75) is 31.3 Å². The molecular formula is C16H17N3O4. The van der Waals surface area contributed by atoms with Crippen molar-refractivity contribution in [3.8, 4) is 6.07 Å². The zero-order valence-electron chi connectivity index (χ0n) is 12.7. The fraction of sp³-hybridized carbons (Fsp3) is 0.375. The van der Waals surface area contributed by atoms with Crippen LogP contribution in [0.15, 0.2) is 24.3 Å². The van der Waals surface area contributed by atoms with E-state index in [0.717, 1.165) is 5.56 Å². The van der Waals surface area contributed by atoms with Gasteiger partial charge in [0, 0.05) is 12.8 Å². The first-order chi connectivity index (χ1) is 11.0. The van der Waals surface area contributed by atoms with Gasteiger partial charge in [0.2, 0.25) is 11.8 Å². The number of ether oxygens (including phenoxy) is 1. The van der Waals surface area contributed by atoms with Crippen LogP contribution in [0.5, 0.6) is 0 Å². The van der Waals surface area contributed by atoms with Crippen LogP contribution in [0, 0.1) is 11.3 Å². The van der Waals surface area contributed by atoms with E-state index in [9.17, 15) is 14.4 Å². The van der Waals surface area contributed by atoms with Crippen molar-refractivity contribution < 1.29 is 19.1 Å². The van der Waals surface area contributed by atoms with Crippen LogP contribution in [0.2, 0.25) is 0 Å². The number of nitriles is 1. The van der Waals surface area contributed by atoms with E-state index < -0.39 is 24.0 Å². The first-order valence-electron chi connectivity index (χ1n) is 7.20. The topological polar surface area (TPSA) is 108 Å². The Hall–Kier alpha value is -2.88. The largest absolute Gasteiger partial charge is 0.467 e. The van der Waals surface area contributed by atoms with Gasteiger partial charge in [0.05, 0.1) is 18.7 Å². The van der Waals surface area contributed by atoms with E-state index in [1.807, 2.05) is 6.07 Å². The van der Waals surface area contributed by atoms with Gasteiger partial charge in [0.1, 0.15) is 12.1 Å². The molecule has 1 fully saturated rings. The summed E-state index contributed by atoms with van der Waals surface area (Å²) in [5.74, 6) is -1.14. The molecule has 1 aliphatic heterocycles. The van der Waals surface area contributed by atoms with Crippen molar-refractivity contribution in [3.05, 3.63) is 35.4 Å². The highest BCUT2D eigenvalue weighted by molar-refractivity contribution is 5.93. The summed E-state index contributed by atoms with van der Waals surface area (Å²) in [7, 11) is 1.25. The summed E-state index contributed by atoms with van der Waals surface area (Å²) in [5.41, 5.74) is 1.30. The molecule has 1 aromatic rings. The van der Waals surface area contributed by atoms with Crippen molar-refractivity contribution in [1.82, 2.24) is 10.6 Å². The molecular weight excluding hydrogens is 298 g/mol. The van der Waals surface area contributed by atoms with Gasteiger partial charge in [-0.25, -0.2) is 4.79 Å². The number of benzene rings is 1. The third-order valence-corrected chi connectivity index (χ3v) is 3.64. The van der Waals surface area contributed by atoms with Crippen molar-refractivity contribution in [1.29, 1.82) is 5.26 Å². The van der Waals surface area contributed by atoms with Crippen LogP contribution in [-0.2, 0) is 25.5 Å². The number of carbonyl (C=O) groups excluding carboxylic acids is 3. The Labute approximate surface area is 133 Å². The number of hydrogen-bond acceptors (Lipinski definition) is 5. The van der Waals surface area contributed by atoms with Crippen molar-refractivity contribution >= 4 is 17.8 Å². The number of amides is 2. The van der Waals surface area contributed by atoms with Gasteiger partial charge < -0.3 is 15.4 Å². The maximum Gasteiger partial charge on any atom is 0.328 e. The number of nitrogens with zero attached hydrogens (tertiary/aromatic N) is 1. The van der Waals surface area contributed by atoms with Crippen LogP contribution < -0.4 is 10.6 Å². The number of hydrogen-bond donors (Lipinski definition) is 2. The quantitative estimate of drug-likeness (QED) is 0.746. The number of rotatable bonds is 5. The minimum Gasteiger partial charge on any atom is -0.467 e. The standard InChI is InChI=1S/C16H17N3O4/c1-23-16(22)13(8-10-2-4-11(9-17)5-3-10)19-15(21)12-6-7-14(20)18-12/h2-5,12-13H,6-8H2,1H3,(H,18,20)(H,19,21)/t12-,13-/m1/s1. The molecule has 0 saturated carbocycles. The van der Waals surface area contributed by atoms with Crippen LogP contribution in [0.4, 0.5) is 0 Å². The number of methoxy groups -OCH3 is 1. The molecule has 0 aromatic heterocycles. The second-order valence-corrected chi connectivity index (χ2v) is 5.26. The maximum absolute atomic E-state index is 12.1. The lowest BCUT2D eigenvalue weighted by molar-refractivity contribution is -0.145. The molecule has 2 N–H and O–H groups in total. The van der Waals surface area contributed by atoms with Gasteiger partial charge in [-0.1, -0.05) is 12.1 Å². The van der Waals surface area contributed by atoms with E-state index in [4.69, 9.17) is 10.00 Å². The van der Waals surface area contributed by atoms with Gasteiger partial charge in [-0.2, -0.15) is 5.26 Å². The molecule has 23 heavy (non-hydrogen) atoms. The van der Waals surface area contributed by atoms with E-state index >= 15 is 0 Å². The van der Waals surface area contributed by atoms with E-state index in [-0.39, 0.29) is 12.3 Å². The Bertz CT molecular complexity index is 648. The molecule has 2 atom stereocenters. The second-order valence-electron chi connectivity index (χ2n) is 5.26. The monoisotopic (exact) mass is 315 g/mol. The molecule has 7 nitrogen and oxygen atoms in total. The molecule has 1 saturated heterocycles. The zero-order valence-corrected chi connectivity index (χ0v) is 12.7. The van der Waals surface area contributed by atoms with Crippen LogP contribution >= 0.6 is 0 Å². The molecule has 0 aliphatic carbocycles. The molecule has 0 bridgehead atoms. The Morgan fingerprint density at radius 3 is 2.65 bits per heavy atom. The Kier molecular flexibility index (Phi) is 5.31. The summed E-state index contributed by atoms with van der Waals surface area (Å²) in [5, 5.41) is 14.0. The van der Waals surface area contributed by atoms with E-state index in [1.165, 1.54) is 7.11 Å². The van der Waals surface area contributed by atoms with Crippen LogP contribution in [-0.4, -0.2) is 37.0 Å². The predicted molar refractivity (Wildman–Crippen MR) is 80.0 cm³/mol. The van der Waals surface area contributed by atoms with E-state index in [1.54, 1.807) is 24.3 Å². The third kappa shape index (κ3) is 4.30.